The first-order chi connectivity index (χ1) is 14.3. The van der Waals surface area contributed by atoms with Crippen LogP contribution in [0.4, 0.5) is 0 Å². The predicted octanol–water partition coefficient (Wildman–Crippen LogP) is 5.78. The van der Waals surface area contributed by atoms with Gasteiger partial charge in [0.05, 0.1) is 18.1 Å². The van der Waals surface area contributed by atoms with Crippen LogP contribution in [0.1, 0.15) is 73.8 Å². The van der Waals surface area contributed by atoms with E-state index in [2.05, 4.69) is 67.5 Å². The Bertz CT molecular complexity index is 813. The second-order valence-electron chi connectivity index (χ2n) is 12.0. The van der Waals surface area contributed by atoms with Crippen molar-refractivity contribution in [2.75, 3.05) is 0 Å². The molecule has 1 aliphatic heterocycles. The Hall–Kier alpha value is -1.39. The van der Waals surface area contributed by atoms with Gasteiger partial charge < -0.3 is 14.2 Å². The van der Waals surface area contributed by atoms with Gasteiger partial charge >= 0.3 is 5.97 Å². The third-order valence-corrected chi connectivity index (χ3v) is 8.97. The van der Waals surface area contributed by atoms with Crippen LogP contribution >= 0.6 is 0 Å². The second-order valence-corrected chi connectivity index (χ2v) is 12.0. The van der Waals surface area contributed by atoms with Gasteiger partial charge in [-0.3, -0.25) is 4.79 Å². The highest BCUT2D eigenvalue weighted by atomic mass is 16.8. The zero-order valence-corrected chi connectivity index (χ0v) is 20.5. The molecule has 3 fully saturated rings. The zero-order chi connectivity index (χ0) is 22.8. The fourth-order valence-corrected chi connectivity index (χ4v) is 6.42. The fraction of sp³-hybridized carbons (Fsp3) is 0.741. The molecule has 7 atom stereocenters. The molecule has 2 saturated carbocycles. The molecule has 0 N–H and O–H groups in total. The summed E-state index contributed by atoms with van der Waals surface area (Å²) in [5, 5.41) is 0. The number of rotatable bonds is 4. The number of hydrogen-bond acceptors (Lipinski definition) is 4. The summed E-state index contributed by atoms with van der Waals surface area (Å²) in [6.07, 6.45) is 2.32. The number of benzene rings is 1. The Balaban J connectivity index is 1.66. The van der Waals surface area contributed by atoms with Crippen LogP contribution in [-0.2, 0) is 25.4 Å². The van der Waals surface area contributed by atoms with Crippen LogP contribution in [0.2, 0.25) is 0 Å². The number of esters is 1. The predicted molar refractivity (Wildman–Crippen MR) is 121 cm³/mol. The van der Waals surface area contributed by atoms with E-state index in [0.717, 1.165) is 18.4 Å². The summed E-state index contributed by atoms with van der Waals surface area (Å²) >= 11 is 0. The maximum atomic E-state index is 13.7. The first-order valence-corrected chi connectivity index (χ1v) is 11.9. The van der Waals surface area contributed by atoms with Gasteiger partial charge in [-0.15, -0.1) is 0 Å². The van der Waals surface area contributed by atoms with E-state index < -0.39 is 11.9 Å². The van der Waals surface area contributed by atoms with E-state index in [0.29, 0.717) is 6.42 Å². The molecule has 1 spiro atoms. The lowest BCUT2D eigenvalue weighted by Gasteiger charge is -2.43. The van der Waals surface area contributed by atoms with Crippen molar-refractivity contribution < 1.29 is 19.0 Å². The van der Waals surface area contributed by atoms with Gasteiger partial charge in [-0.25, -0.2) is 0 Å². The minimum Gasteiger partial charge on any atom is -0.456 e. The van der Waals surface area contributed by atoms with Gasteiger partial charge in [-0.2, -0.15) is 0 Å². The molecule has 2 aliphatic carbocycles. The Morgan fingerprint density at radius 1 is 1.10 bits per heavy atom. The topological polar surface area (TPSA) is 44.8 Å². The van der Waals surface area contributed by atoms with E-state index in [4.69, 9.17) is 14.2 Å². The molecule has 2 bridgehead atoms. The molecule has 1 saturated heterocycles. The molecule has 1 aromatic rings. The molecule has 1 heterocycles. The van der Waals surface area contributed by atoms with Crippen LogP contribution in [0.15, 0.2) is 30.3 Å². The normalized spacial score (nSPS) is 39.7. The summed E-state index contributed by atoms with van der Waals surface area (Å²) in [5.74, 6) is -0.989. The number of carbonyl (C=O) groups is 1. The van der Waals surface area contributed by atoms with Crippen LogP contribution in [0.5, 0.6) is 0 Å². The molecule has 0 amide bonds. The molecule has 3 aliphatic rings. The molecule has 4 heteroatoms. The zero-order valence-electron chi connectivity index (χ0n) is 20.5. The van der Waals surface area contributed by atoms with Crippen molar-refractivity contribution in [2.45, 2.75) is 98.8 Å². The summed E-state index contributed by atoms with van der Waals surface area (Å²) in [6, 6.07) is 10.2. The summed E-state index contributed by atoms with van der Waals surface area (Å²) in [5.41, 5.74) is 0.737. The SMILES string of the molecule is C[C@@H]1OC2(O[C@@H]1C)[C@H]1CC[C@@](C)([C@@H]2OC(=O)C(Cc2ccccc2)C(C)(C)C)C1(C)C. The van der Waals surface area contributed by atoms with Gasteiger partial charge in [0.1, 0.15) is 0 Å². The Labute approximate surface area is 188 Å². The van der Waals surface area contributed by atoms with Crippen molar-refractivity contribution in [1.29, 1.82) is 0 Å². The van der Waals surface area contributed by atoms with Crippen LogP contribution in [0, 0.1) is 28.1 Å². The van der Waals surface area contributed by atoms with Crippen molar-refractivity contribution in [3.05, 3.63) is 35.9 Å². The molecular weight excluding hydrogens is 388 g/mol. The summed E-state index contributed by atoms with van der Waals surface area (Å²) < 4.78 is 19.6. The van der Waals surface area contributed by atoms with Gasteiger partial charge in [0, 0.05) is 11.3 Å². The van der Waals surface area contributed by atoms with E-state index in [-0.39, 0.29) is 46.3 Å². The summed E-state index contributed by atoms with van der Waals surface area (Å²) in [7, 11) is 0. The van der Waals surface area contributed by atoms with Gasteiger partial charge in [-0.1, -0.05) is 71.9 Å². The minimum absolute atomic E-state index is 0.0114. The van der Waals surface area contributed by atoms with Gasteiger partial charge in [0.25, 0.3) is 0 Å². The highest BCUT2D eigenvalue weighted by Crippen LogP contribution is 2.72. The smallest absolute Gasteiger partial charge is 0.310 e. The molecular formula is C27H40O4. The highest BCUT2D eigenvalue weighted by Gasteiger charge is 2.78. The van der Waals surface area contributed by atoms with Crippen LogP contribution in [-0.4, -0.2) is 30.1 Å². The lowest BCUT2D eigenvalue weighted by Crippen LogP contribution is -2.54. The average molecular weight is 429 g/mol. The molecule has 172 valence electrons. The molecule has 31 heavy (non-hydrogen) atoms. The van der Waals surface area contributed by atoms with E-state index in [1.165, 1.54) is 0 Å². The molecule has 4 nitrogen and oxygen atoms in total. The average Bonchev–Trinajstić information content (AvgIpc) is 3.14. The van der Waals surface area contributed by atoms with Crippen LogP contribution < -0.4 is 0 Å². The lowest BCUT2D eigenvalue weighted by molar-refractivity contribution is -0.272. The van der Waals surface area contributed by atoms with E-state index in [1.807, 2.05) is 18.2 Å². The quantitative estimate of drug-likeness (QED) is 0.570. The highest BCUT2D eigenvalue weighted by molar-refractivity contribution is 5.74. The van der Waals surface area contributed by atoms with Crippen LogP contribution in [0.3, 0.4) is 0 Å². The summed E-state index contributed by atoms with van der Waals surface area (Å²) in [6.45, 7) is 17.4. The van der Waals surface area contributed by atoms with Gasteiger partial charge in [-0.05, 0) is 49.5 Å². The Kier molecular flexibility index (Phi) is 5.38. The number of carbonyl (C=O) groups excluding carboxylic acids is 1. The lowest BCUT2D eigenvalue weighted by atomic mass is 9.70. The monoisotopic (exact) mass is 428 g/mol. The number of ether oxygens (including phenoxy) is 3. The van der Waals surface area contributed by atoms with Gasteiger partial charge in [0.15, 0.2) is 6.10 Å². The van der Waals surface area contributed by atoms with Crippen molar-refractivity contribution in [3.8, 4) is 0 Å². The Morgan fingerprint density at radius 3 is 2.23 bits per heavy atom. The molecule has 2 unspecified atom stereocenters. The van der Waals surface area contributed by atoms with E-state index >= 15 is 0 Å². The molecule has 1 aromatic carbocycles. The molecule has 4 rings (SSSR count). The maximum Gasteiger partial charge on any atom is 0.310 e. The Morgan fingerprint density at radius 2 is 1.68 bits per heavy atom. The minimum atomic E-state index is -0.833. The van der Waals surface area contributed by atoms with Crippen molar-refractivity contribution >= 4 is 5.97 Å². The number of hydrogen-bond donors (Lipinski definition) is 0. The summed E-state index contributed by atoms with van der Waals surface area (Å²) in [4.78, 5) is 13.7. The van der Waals surface area contributed by atoms with E-state index in [9.17, 15) is 4.79 Å². The standard InChI is InChI=1S/C27H40O4/c1-17-18(2)31-27(30-17)21-14-15-26(8,25(21,6)7)23(27)29-22(28)20(24(3,4)5)16-19-12-10-9-11-13-19/h9-13,17-18,20-21,23H,14-16H2,1-8H3/t17-,18+,20?,21-,23-,26-,27?/m0/s1. The molecule has 0 radical (unpaired) electrons. The van der Waals surface area contributed by atoms with Crippen LogP contribution in [0.25, 0.3) is 0 Å². The first-order valence-electron chi connectivity index (χ1n) is 11.9. The van der Waals surface area contributed by atoms with Gasteiger partial charge in [0.2, 0.25) is 5.79 Å². The maximum absolute atomic E-state index is 13.7. The third-order valence-electron chi connectivity index (χ3n) is 8.97. The van der Waals surface area contributed by atoms with Crippen molar-refractivity contribution in [3.63, 3.8) is 0 Å². The van der Waals surface area contributed by atoms with Crippen molar-refractivity contribution in [1.82, 2.24) is 0 Å². The van der Waals surface area contributed by atoms with Crippen molar-refractivity contribution in [2.24, 2.45) is 28.1 Å². The second kappa shape index (κ2) is 7.31. The molecule has 0 aromatic heterocycles. The fourth-order valence-electron chi connectivity index (χ4n) is 6.42. The number of fused-ring (bicyclic) bond motifs is 3. The largest absolute Gasteiger partial charge is 0.456 e. The first kappa shape index (κ1) is 22.8. The third kappa shape index (κ3) is 3.36. The van der Waals surface area contributed by atoms with E-state index in [1.54, 1.807) is 0 Å².